The van der Waals surface area contributed by atoms with E-state index in [1.165, 1.54) is 0 Å². The molecule has 132 valence electrons. The molecule has 1 aromatic heterocycles. The summed E-state index contributed by atoms with van der Waals surface area (Å²) in [5.74, 6) is 0. The number of aromatic nitrogens is 2. The molecule has 1 fully saturated rings. The SMILES string of the molecule is C=CCN1CCN(C(=O)NC(Cn2cccn2)c2ccccc2)CC1. The van der Waals surface area contributed by atoms with Gasteiger partial charge >= 0.3 is 6.03 Å². The number of urea groups is 1. The molecule has 0 saturated carbocycles. The Hall–Kier alpha value is -2.60. The maximum Gasteiger partial charge on any atom is 0.318 e. The molecule has 1 atom stereocenters. The van der Waals surface area contributed by atoms with Gasteiger partial charge in [-0.05, 0) is 11.6 Å². The number of hydrogen-bond acceptors (Lipinski definition) is 3. The molecule has 0 aliphatic carbocycles. The smallest absolute Gasteiger partial charge is 0.318 e. The van der Waals surface area contributed by atoms with Gasteiger partial charge in [-0.25, -0.2) is 4.79 Å². The van der Waals surface area contributed by atoms with E-state index in [9.17, 15) is 4.79 Å². The standard InChI is InChI=1S/C19H25N5O/c1-2-10-22-12-14-23(15-13-22)19(25)21-18(16-24-11-6-9-20-24)17-7-4-3-5-8-17/h2-9,11,18H,1,10,12-16H2,(H,21,25). The van der Waals surface area contributed by atoms with Crippen molar-refractivity contribution in [3.05, 3.63) is 67.0 Å². The van der Waals surface area contributed by atoms with Gasteiger partial charge in [0, 0.05) is 45.1 Å². The lowest BCUT2D eigenvalue weighted by Gasteiger charge is -2.35. The van der Waals surface area contributed by atoms with Crippen LogP contribution in [0, 0.1) is 0 Å². The lowest BCUT2D eigenvalue weighted by Crippen LogP contribution is -2.52. The third-order valence-electron chi connectivity index (χ3n) is 4.48. The lowest BCUT2D eigenvalue weighted by atomic mass is 10.1. The summed E-state index contributed by atoms with van der Waals surface area (Å²) in [7, 11) is 0. The Morgan fingerprint density at radius 2 is 1.96 bits per heavy atom. The van der Waals surface area contributed by atoms with Gasteiger partial charge in [-0.1, -0.05) is 36.4 Å². The fraction of sp³-hybridized carbons (Fsp3) is 0.368. The van der Waals surface area contributed by atoms with E-state index in [1.807, 2.05) is 58.3 Å². The molecule has 0 bridgehead atoms. The molecule has 1 N–H and O–H groups in total. The number of rotatable bonds is 6. The van der Waals surface area contributed by atoms with Gasteiger partial charge in [0.05, 0.1) is 12.6 Å². The average Bonchev–Trinajstić information content (AvgIpc) is 3.16. The molecule has 6 heteroatoms. The van der Waals surface area contributed by atoms with E-state index < -0.39 is 0 Å². The van der Waals surface area contributed by atoms with Crippen LogP contribution >= 0.6 is 0 Å². The first-order valence-corrected chi connectivity index (χ1v) is 8.67. The second-order valence-corrected chi connectivity index (χ2v) is 6.22. The van der Waals surface area contributed by atoms with E-state index in [1.54, 1.807) is 6.20 Å². The number of benzene rings is 1. The van der Waals surface area contributed by atoms with Crippen molar-refractivity contribution in [1.82, 2.24) is 24.9 Å². The largest absolute Gasteiger partial charge is 0.329 e. The molecule has 3 rings (SSSR count). The zero-order valence-electron chi connectivity index (χ0n) is 14.4. The number of piperazine rings is 1. The molecular weight excluding hydrogens is 314 g/mol. The topological polar surface area (TPSA) is 53.4 Å². The number of nitrogens with one attached hydrogen (secondary N) is 1. The van der Waals surface area contributed by atoms with Crippen LogP contribution in [0.25, 0.3) is 0 Å². The van der Waals surface area contributed by atoms with Gasteiger partial charge in [0.1, 0.15) is 0 Å². The van der Waals surface area contributed by atoms with E-state index in [4.69, 9.17) is 0 Å². The molecule has 0 radical (unpaired) electrons. The highest BCUT2D eigenvalue weighted by atomic mass is 16.2. The molecule has 6 nitrogen and oxygen atoms in total. The van der Waals surface area contributed by atoms with Crippen molar-refractivity contribution in [2.24, 2.45) is 0 Å². The third kappa shape index (κ3) is 4.70. The van der Waals surface area contributed by atoms with Crippen LogP contribution in [0.2, 0.25) is 0 Å². The second kappa shape index (κ2) is 8.48. The minimum atomic E-state index is -0.111. The average molecular weight is 339 g/mol. The monoisotopic (exact) mass is 339 g/mol. The van der Waals surface area contributed by atoms with Crippen LogP contribution in [0.1, 0.15) is 11.6 Å². The Morgan fingerprint density at radius 3 is 2.60 bits per heavy atom. The molecule has 1 aliphatic heterocycles. The van der Waals surface area contributed by atoms with Gasteiger partial charge in [0.25, 0.3) is 0 Å². The predicted octanol–water partition coefficient (Wildman–Crippen LogP) is 2.14. The first-order chi connectivity index (χ1) is 12.3. The van der Waals surface area contributed by atoms with Gasteiger partial charge in [0.2, 0.25) is 0 Å². The molecule has 2 aromatic rings. The number of amides is 2. The Morgan fingerprint density at radius 1 is 1.20 bits per heavy atom. The fourth-order valence-corrected chi connectivity index (χ4v) is 3.07. The fourth-order valence-electron chi connectivity index (χ4n) is 3.07. The Balaban J connectivity index is 1.63. The minimum absolute atomic E-state index is 0.0146. The van der Waals surface area contributed by atoms with Crippen molar-refractivity contribution < 1.29 is 4.79 Å². The molecule has 25 heavy (non-hydrogen) atoms. The molecule has 1 aromatic carbocycles. The highest BCUT2D eigenvalue weighted by Crippen LogP contribution is 2.15. The van der Waals surface area contributed by atoms with E-state index >= 15 is 0 Å². The van der Waals surface area contributed by atoms with E-state index in [2.05, 4.69) is 21.9 Å². The van der Waals surface area contributed by atoms with Crippen LogP contribution in [0.3, 0.4) is 0 Å². The summed E-state index contributed by atoms with van der Waals surface area (Å²) in [5.41, 5.74) is 1.08. The summed E-state index contributed by atoms with van der Waals surface area (Å²) in [6.45, 7) is 8.51. The van der Waals surface area contributed by atoms with Gasteiger partial charge in [0.15, 0.2) is 0 Å². The Kier molecular flexibility index (Phi) is 5.85. The zero-order valence-corrected chi connectivity index (χ0v) is 14.4. The van der Waals surface area contributed by atoms with Crippen LogP contribution in [0.5, 0.6) is 0 Å². The minimum Gasteiger partial charge on any atom is -0.329 e. The van der Waals surface area contributed by atoms with Crippen molar-refractivity contribution in [2.45, 2.75) is 12.6 Å². The molecular formula is C19H25N5O. The van der Waals surface area contributed by atoms with Crippen LogP contribution in [-0.2, 0) is 6.54 Å². The first kappa shape index (κ1) is 17.2. The molecule has 1 unspecified atom stereocenters. The van der Waals surface area contributed by atoms with Crippen molar-refractivity contribution in [1.29, 1.82) is 0 Å². The van der Waals surface area contributed by atoms with E-state index in [0.29, 0.717) is 6.54 Å². The Bertz CT molecular complexity index is 662. The number of carbonyl (C=O) groups excluding carboxylic acids is 1. The maximum absolute atomic E-state index is 12.7. The van der Waals surface area contributed by atoms with Crippen LogP contribution < -0.4 is 5.32 Å². The summed E-state index contributed by atoms with van der Waals surface area (Å²) in [6.07, 6.45) is 5.57. The second-order valence-electron chi connectivity index (χ2n) is 6.22. The third-order valence-corrected chi connectivity index (χ3v) is 4.48. The molecule has 0 spiro atoms. The van der Waals surface area contributed by atoms with Crippen LogP contribution in [0.4, 0.5) is 4.79 Å². The summed E-state index contributed by atoms with van der Waals surface area (Å²) >= 11 is 0. The highest BCUT2D eigenvalue weighted by Gasteiger charge is 2.23. The van der Waals surface area contributed by atoms with E-state index in [-0.39, 0.29) is 12.1 Å². The summed E-state index contributed by atoms with van der Waals surface area (Å²) in [5, 5.41) is 7.44. The van der Waals surface area contributed by atoms with Crippen LogP contribution in [-0.4, -0.2) is 58.3 Å². The normalized spacial score (nSPS) is 16.4. The van der Waals surface area contributed by atoms with Crippen LogP contribution in [0.15, 0.2) is 61.4 Å². The van der Waals surface area contributed by atoms with Crippen molar-refractivity contribution in [3.63, 3.8) is 0 Å². The Labute approximate surface area is 148 Å². The number of nitrogens with zero attached hydrogens (tertiary/aromatic N) is 4. The highest BCUT2D eigenvalue weighted by molar-refractivity contribution is 5.74. The zero-order chi connectivity index (χ0) is 17.5. The summed E-state index contributed by atoms with van der Waals surface area (Å²) in [6, 6.07) is 11.8. The summed E-state index contributed by atoms with van der Waals surface area (Å²) in [4.78, 5) is 16.9. The molecule has 1 saturated heterocycles. The lowest BCUT2D eigenvalue weighted by molar-refractivity contribution is 0.143. The van der Waals surface area contributed by atoms with Gasteiger partial charge in [-0.15, -0.1) is 6.58 Å². The van der Waals surface area contributed by atoms with Gasteiger partial charge in [-0.3, -0.25) is 9.58 Å². The number of carbonyl (C=O) groups is 1. The molecule has 1 aliphatic rings. The number of hydrogen-bond donors (Lipinski definition) is 1. The maximum atomic E-state index is 12.7. The predicted molar refractivity (Wildman–Crippen MR) is 98.2 cm³/mol. The first-order valence-electron chi connectivity index (χ1n) is 8.67. The molecule has 2 amide bonds. The molecule has 2 heterocycles. The van der Waals surface area contributed by atoms with Gasteiger partial charge < -0.3 is 10.2 Å². The van der Waals surface area contributed by atoms with Crippen molar-refractivity contribution in [3.8, 4) is 0 Å². The van der Waals surface area contributed by atoms with Crippen molar-refractivity contribution in [2.75, 3.05) is 32.7 Å². The quantitative estimate of drug-likeness (QED) is 0.821. The van der Waals surface area contributed by atoms with Gasteiger partial charge in [-0.2, -0.15) is 5.10 Å². The van der Waals surface area contributed by atoms with Crippen molar-refractivity contribution >= 4 is 6.03 Å². The summed E-state index contributed by atoms with van der Waals surface area (Å²) < 4.78 is 1.85. The van der Waals surface area contributed by atoms with E-state index in [0.717, 1.165) is 38.3 Å².